The molecule has 1 fully saturated rings. The zero-order valence-corrected chi connectivity index (χ0v) is 13.2. The number of halogens is 3. The Hall–Kier alpha value is -1.61. The predicted octanol–water partition coefficient (Wildman–Crippen LogP) is 2.75. The third kappa shape index (κ3) is 4.03. The smallest absolute Gasteiger partial charge is 0.318 e. The summed E-state index contributed by atoms with van der Waals surface area (Å²) in [4.78, 5) is 10.8. The maximum absolute atomic E-state index is 12.5. The molecule has 1 aromatic rings. The summed E-state index contributed by atoms with van der Waals surface area (Å²) < 4.78 is 63.0. The number of nitrogens with zero attached hydrogens (tertiary/aromatic N) is 1. The number of carbonyl (C=O) groups excluding carboxylic acids is 1. The highest BCUT2D eigenvalue weighted by Crippen LogP contribution is 2.26. The van der Waals surface area contributed by atoms with Gasteiger partial charge in [0.2, 0.25) is 10.0 Å². The van der Waals surface area contributed by atoms with E-state index in [2.05, 4.69) is 0 Å². The molecule has 1 aliphatic rings. The number of anilines is 1. The monoisotopic (exact) mass is 350 g/mol. The molecule has 1 atom stereocenters. The Bertz CT molecular complexity index is 672. The molecule has 0 radical (unpaired) electrons. The first kappa shape index (κ1) is 17.7. The van der Waals surface area contributed by atoms with Crippen LogP contribution >= 0.6 is 0 Å². The van der Waals surface area contributed by atoms with Gasteiger partial charge in [0.1, 0.15) is 0 Å². The van der Waals surface area contributed by atoms with Crippen molar-refractivity contribution in [2.45, 2.75) is 43.3 Å². The fourth-order valence-corrected chi connectivity index (χ4v) is 4.18. The van der Waals surface area contributed by atoms with Crippen LogP contribution in [0.3, 0.4) is 0 Å². The van der Waals surface area contributed by atoms with Crippen LogP contribution in [0.25, 0.3) is 0 Å². The number of hydrogen-bond acceptors (Lipinski definition) is 3. The summed E-state index contributed by atoms with van der Waals surface area (Å²) in [5.41, 5.74) is -0.113. The van der Waals surface area contributed by atoms with Gasteiger partial charge in [0.15, 0.2) is 0 Å². The number of amides is 1. The highest BCUT2D eigenvalue weighted by atomic mass is 32.2. The minimum atomic E-state index is -4.99. The molecular formula is C14H17F3N2O3S. The van der Waals surface area contributed by atoms with Gasteiger partial charge in [-0.2, -0.15) is 17.5 Å². The van der Waals surface area contributed by atoms with Gasteiger partial charge in [0.05, 0.1) is 4.90 Å². The van der Waals surface area contributed by atoms with Crippen LogP contribution in [-0.2, 0) is 14.8 Å². The van der Waals surface area contributed by atoms with Gasteiger partial charge in [0, 0.05) is 18.3 Å². The average Bonchev–Trinajstić information content (AvgIpc) is 2.47. The molecule has 2 rings (SSSR count). The van der Waals surface area contributed by atoms with Crippen molar-refractivity contribution in [1.82, 2.24) is 4.31 Å². The summed E-state index contributed by atoms with van der Waals surface area (Å²) in [6.07, 6.45) is -2.47. The lowest BCUT2D eigenvalue weighted by molar-refractivity contribution is -0.167. The van der Waals surface area contributed by atoms with Crippen molar-refractivity contribution in [3.8, 4) is 0 Å². The average molecular weight is 350 g/mol. The highest BCUT2D eigenvalue weighted by molar-refractivity contribution is 7.89. The fourth-order valence-electron chi connectivity index (χ4n) is 2.48. The summed E-state index contributed by atoms with van der Waals surface area (Å²) in [5, 5.41) is 1.68. The first-order valence-electron chi connectivity index (χ1n) is 7.12. The molecule has 0 saturated carbocycles. The van der Waals surface area contributed by atoms with Crippen LogP contribution in [0.4, 0.5) is 18.9 Å². The molecule has 23 heavy (non-hydrogen) atoms. The van der Waals surface area contributed by atoms with E-state index in [-0.39, 0.29) is 16.6 Å². The molecular weight excluding hydrogens is 333 g/mol. The molecule has 128 valence electrons. The van der Waals surface area contributed by atoms with E-state index in [1.54, 1.807) is 5.32 Å². The molecule has 9 heteroatoms. The molecule has 1 N–H and O–H groups in total. The van der Waals surface area contributed by atoms with Crippen LogP contribution in [0.2, 0.25) is 0 Å². The van der Waals surface area contributed by atoms with Gasteiger partial charge in [-0.05, 0) is 44.0 Å². The van der Waals surface area contributed by atoms with Crippen LogP contribution < -0.4 is 5.32 Å². The Morgan fingerprint density at radius 1 is 1.22 bits per heavy atom. The molecule has 0 spiro atoms. The number of sulfonamides is 1. The van der Waals surface area contributed by atoms with Gasteiger partial charge >= 0.3 is 12.1 Å². The number of nitrogens with one attached hydrogen (secondary N) is 1. The van der Waals surface area contributed by atoms with Crippen LogP contribution in [-0.4, -0.2) is 37.4 Å². The molecule has 1 unspecified atom stereocenters. The van der Waals surface area contributed by atoms with E-state index in [1.165, 1.54) is 16.4 Å². The molecule has 1 aromatic carbocycles. The predicted molar refractivity (Wildman–Crippen MR) is 78.3 cm³/mol. The van der Waals surface area contributed by atoms with E-state index in [1.807, 2.05) is 6.92 Å². The normalized spacial score (nSPS) is 20.3. The highest BCUT2D eigenvalue weighted by Gasteiger charge is 2.38. The number of piperidine rings is 1. The quantitative estimate of drug-likeness (QED) is 0.912. The second kappa shape index (κ2) is 6.48. The molecule has 0 aromatic heterocycles. The van der Waals surface area contributed by atoms with E-state index < -0.39 is 22.1 Å². The van der Waals surface area contributed by atoms with E-state index in [9.17, 15) is 26.4 Å². The van der Waals surface area contributed by atoms with Crippen LogP contribution in [0.15, 0.2) is 29.2 Å². The fraction of sp³-hybridized carbons (Fsp3) is 0.500. The van der Waals surface area contributed by atoms with Crippen LogP contribution in [0, 0.1) is 0 Å². The van der Waals surface area contributed by atoms with Crippen molar-refractivity contribution in [1.29, 1.82) is 0 Å². The number of alkyl halides is 3. The van der Waals surface area contributed by atoms with E-state index in [4.69, 9.17) is 0 Å². The third-order valence-corrected chi connectivity index (χ3v) is 5.75. The Morgan fingerprint density at radius 3 is 2.35 bits per heavy atom. The largest absolute Gasteiger partial charge is 0.471 e. The molecule has 5 nitrogen and oxygen atoms in total. The lowest BCUT2D eigenvalue weighted by atomic mass is 10.1. The molecule has 1 aliphatic heterocycles. The lowest BCUT2D eigenvalue weighted by Crippen LogP contribution is -2.41. The Morgan fingerprint density at radius 2 is 1.83 bits per heavy atom. The van der Waals surface area contributed by atoms with Gasteiger partial charge in [-0.3, -0.25) is 4.79 Å². The van der Waals surface area contributed by atoms with E-state index in [0.29, 0.717) is 6.54 Å². The lowest BCUT2D eigenvalue weighted by Gasteiger charge is -2.32. The second-order valence-corrected chi connectivity index (χ2v) is 7.33. The molecule has 1 saturated heterocycles. The SMILES string of the molecule is CC1CCCCN1S(=O)(=O)c1ccc(NC(=O)C(F)(F)F)cc1. The topological polar surface area (TPSA) is 66.5 Å². The van der Waals surface area contributed by atoms with Crippen molar-refractivity contribution >= 4 is 21.6 Å². The minimum Gasteiger partial charge on any atom is -0.318 e. The van der Waals surface area contributed by atoms with E-state index in [0.717, 1.165) is 31.4 Å². The molecule has 0 aliphatic carbocycles. The zero-order chi connectivity index (χ0) is 17.3. The Kier molecular flexibility index (Phi) is 5.00. The first-order chi connectivity index (χ1) is 10.6. The molecule has 1 amide bonds. The van der Waals surface area contributed by atoms with Crippen LogP contribution in [0.5, 0.6) is 0 Å². The first-order valence-corrected chi connectivity index (χ1v) is 8.56. The second-order valence-electron chi connectivity index (χ2n) is 5.44. The maximum Gasteiger partial charge on any atom is 0.471 e. The van der Waals surface area contributed by atoms with Crippen LogP contribution in [0.1, 0.15) is 26.2 Å². The Labute approximate surface area is 132 Å². The van der Waals surface area contributed by atoms with Crippen molar-refractivity contribution in [2.75, 3.05) is 11.9 Å². The van der Waals surface area contributed by atoms with Gasteiger partial charge in [-0.15, -0.1) is 0 Å². The summed E-state index contributed by atoms with van der Waals surface area (Å²) in [5.74, 6) is -2.10. The van der Waals surface area contributed by atoms with Gasteiger partial charge in [-0.25, -0.2) is 8.42 Å². The standard InChI is InChI=1S/C14H17F3N2O3S/c1-10-4-2-3-9-19(10)23(21,22)12-7-5-11(6-8-12)18-13(20)14(15,16)17/h5-8,10H,2-4,9H2,1H3,(H,18,20). The van der Waals surface area contributed by atoms with Gasteiger partial charge in [-0.1, -0.05) is 6.42 Å². The Balaban J connectivity index is 2.17. The summed E-state index contributed by atoms with van der Waals surface area (Å²) in [6, 6.07) is 4.57. The van der Waals surface area contributed by atoms with Crippen molar-refractivity contribution in [3.63, 3.8) is 0 Å². The number of hydrogen-bond donors (Lipinski definition) is 1. The summed E-state index contributed by atoms with van der Waals surface area (Å²) >= 11 is 0. The summed E-state index contributed by atoms with van der Waals surface area (Å²) in [7, 11) is -3.69. The van der Waals surface area contributed by atoms with Gasteiger partial charge < -0.3 is 5.32 Å². The number of benzene rings is 1. The van der Waals surface area contributed by atoms with Crippen molar-refractivity contribution < 1.29 is 26.4 Å². The molecule has 0 bridgehead atoms. The minimum absolute atomic E-state index is 0.00347. The van der Waals surface area contributed by atoms with Crippen molar-refractivity contribution in [2.24, 2.45) is 0 Å². The number of carbonyl (C=O) groups is 1. The van der Waals surface area contributed by atoms with Gasteiger partial charge in [0.25, 0.3) is 0 Å². The zero-order valence-electron chi connectivity index (χ0n) is 12.4. The third-order valence-electron chi connectivity index (χ3n) is 3.72. The molecule has 1 heterocycles. The summed E-state index contributed by atoms with van der Waals surface area (Å²) in [6.45, 7) is 2.25. The van der Waals surface area contributed by atoms with E-state index >= 15 is 0 Å². The maximum atomic E-state index is 12.5. The number of rotatable bonds is 3. The van der Waals surface area contributed by atoms with Crippen molar-refractivity contribution in [3.05, 3.63) is 24.3 Å².